The van der Waals surface area contributed by atoms with Crippen molar-refractivity contribution in [1.82, 2.24) is 14.8 Å². The van der Waals surface area contributed by atoms with E-state index in [4.69, 9.17) is 9.47 Å². The Morgan fingerprint density at radius 3 is 2.77 bits per heavy atom. The fraction of sp³-hybridized carbons (Fsp3) is 0.526. The number of carbonyl (C=O) groups excluding carboxylic acids is 1. The Labute approximate surface area is 154 Å². The Bertz CT molecular complexity index is 663. The molecule has 0 unspecified atom stereocenters. The Morgan fingerprint density at radius 1 is 1.46 bits per heavy atom. The van der Waals surface area contributed by atoms with E-state index in [1.54, 1.807) is 19.2 Å². The molecule has 7 heteroatoms. The van der Waals surface area contributed by atoms with E-state index in [0.29, 0.717) is 11.3 Å². The van der Waals surface area contributed by atoms with Crippen LogP contribution in [0.25, 0.3) is 0 Å². The van der Waals surface area contributed by atoms with Crippen molar-refractivity contribution in [1.29, 1.82) is 5.26 Å². The Morgan fingerprint density at radius 2 is 2.19 bits per heavy atom. The molecule has 1 saturated heterocycles. The zero-order valence-electron chi connectivity index (χ0n) is 15.5. The van der Waals surface area contributed by atoms with E-state index in [-0.39, 0.29) is 17.9 Å². The summed E-state index contributed by atoms with van der Waals surface area (Å²) >= 11 is 0. The first-order valence-electron chi connectivity index (χ1n) is 8.77. The third-order valence-corrected chi connectivity index (χ3v) is 4.45. The highest BCUT2D eigenvalue weighted by Gasteiger charge is 2.23. The van der Waals surface area contributed by atoms with Crippen LogP contribution in [0.2, 0.25) is 0 Å². The lowest BCUT2D eigenvalue weighted by Gasteiger charge is -2.36. The fourth-order valence-electron chi connectivity index (χ4n) is 2.99. The van der Waals surface area contributed by atoms with Crippen LogP contribution in [0.4, 0.5) is 0 Å². The summed E-state index contributed by atoms with van der Waals surface area (Å²) in [5, 5.41) is 9.41. The van der Waals surface area contributed by atoms with E-state index < -0.39 is 0 Å². The molecule has 7 nitrogen and oxygen atoms in total. The number of amides is 1. The van der Waals surface area contributed by atoms with Gasteiger partial charge in [0.1, 0.15) is 17.9 Å². The van der Waals surface area contributed by atoms with Crippen molar-refractivity contribution in [2.75, 3.05) is 39.8 Å². The quantitative estimate of drug-likeness (QED) is 0.660. The highest BCUT2D eigenvalue weighted by Crippen LogP contribution is 2.26. The molecule has 140 valence electrons. The highest BCUT2D eigenvalue weighted by atomic mass is 16.5. The fourth-order valence-corrected chi connectivity index (χ4v) is 2.99. The van der Waals surface area contributed by atoms with E-state index >= 15 is 0 Å². The van der Waals surface area contributed by atoms with Crippen molar-refractivity contribution < 1.29 is 14.3 Å². The van der Waals surface area contributed by atoms with Crippen LogP contribution in [0.1, 0.15) is 25.3 Å². The Balaban J connectivity index is 2.05. The number of methoxy groups -OCH3 is 1. The van der Waals surface area contributed by atoms with Gasteiger partial charge in [0.15, 0.2) is 5.56 Å². The molecule has 1 fully saturated rings. The molecule has 0 aliphatic carbocycles. The number of carbonyl (C=O) groups is 1. The molecule has 0 bridgehead atoms. The van der Waals surface area contributed by atoms with Crippen LogP contribution in [-0.2, 0) is 4.79 Å². The molecule has 1 atom stereocenters. The van der Waals surface area contributed by atoms with Crippen LogP contribution in [0.5, 0.6) is 11.6 Å². The molecule has 0 aromatic carbocycles. The van der Waals surface area contributed by atoms with Gasteiger partial charge in [-0.25, -0.2) is 4.98 Å². The maximum absolute atomic E-state index is 11.5. The largest absolute Gasteiger partial charge is 0.487 e. The topological polar surface area (TPSA) is 78.7 Å². The monoisotopic (exact) mass is 358 g/mol. The lowest BCUT2D eigenvalue weighted by atomic mass is 10.1. The minimum atomic E-state index is -0.0870. The Hall–Kier alpha value is -2.59. The van der Waals surface area contributed by atoms with E-state index in [2.05, 4.69) is 22.5 Å². The number of rotatable bonds is 8. The van der Waals surface area contributed by atoms with Crippen LogP contribution in [0.3, 0.4) is 0 Å². The van der Waals surface area contributed by atoms with Crippen molar-refractivity contribution in [2.45, 2.75) is 25.9 Å². The summed E-state index contributed by atoms with van der Waals surface area (Å²) in [5.74, 6) is 0.866. The summed E-state index contributed by atoms with van der Waals surface area (Å²) in [5.41, 5.74) is 0.306. The third kappa shape index (κ3) is 5.20. The van der Waals surface area contributed by atoms with Crippen LogP contribution >= 0.6 is 0 Å². The van der Waals surface area contributed by atoms with E-state index in [1.807, 2.05) is 11.0 Å². The van der Waals surface area contributed by atoms with Crippen molar-refractivity contribution in [2.24, 2.45) is 0 Å². The van der Waals surface area contributed by atoms with E-state index in [1.165, 1.54) is 7.11 Å². The molecule has 1 amide bonds. The van der Waals surface area contributed by atoms with Crippen LogP contribution in [0.15, 0.2) is 24.9 Å². The lowest BCUT2D eigenvalue weighted by molar-refractivity contribution is -0.130. The summed E-state index contributed by atoms with van der Waals surface area (Å²) in [6, 6.07) is 3.80. The number of allylic oxidation sites excluding steroid dienone is 1. The molecular weight excluding hydrogens is 332 g/mol. The zero-order valence-corrected chi connectivity index (χ0v) is 15.5. The van der Waals surface area contributed by atoms with Gasteiger partial charge in [0.05, 0.1) is 7.11 Å². The Kier molecular flexibility index (Phi) is 7.42. The molecule has 0 radical (unpaired) electrons. The predicted octanol–water partition coefficient (Wildman–Crippen LogP) is 1.84. The van der Waals surface area contributed by atoms with Crippen molar-refractivity contribution in [3.05, 3.63) is 30.5 Å². The maximum atomic E-state index is 11.5. The number of piperazine rings is 1. The van der Waals surface area contributed by atoms with Gasteiger partial charge in [-0.05, 0) is 12.8 Å². The second-order valence-corrected chi connectivity index (χ2v) is 6.22. The van der Waals surface area contributed by atoms with Gasteiger partial charge >= 0.3 is 0 Å². The minimum absolute atomic E-state index is 0.0870. The van der Waals surface area contributed by atoms with Gasteiger partial charge in [0.25, 0.3) is 0 Å². The number of hydrogen-bond acceptors (Lipinski definition) is 6. The first kappa shape index (κ1) is 19.7. The summed E-state index contributed by atoms with van der Waals surface area (Å²) in [4.78, 5) is 19.7. The number of nitriles is 1. The molecule has 1 aromatic rings. The van der Waals surface area contributed by atoms with Crippen molar-refractivity contribution >= 4 is 5.91 Å². The van der Waals surface area contributed by atoms with Crippen LogP contribution in [-0.4, -0.2) is 66.6 Å². The second kappa shape index (κ2) is 9.78. The zero-order chi connectivity index (χ0) is 18.9. The molecule has 2 rings (SSSR count). The van der Waals surface area contributed by atoms with Gasteiger partial charge < -0.3 is 14.4 Å². The lowest BCUT2D eigenvalue weighted by Crippen LogP contribution is -2.50. The van der Waals surface area contributed by atoms with Gasteiger partial charge in [-0.1, -0.05) is 6.08 Å². The first-order valence-corrected chi connectivity index (χ1v) is 8.77. The molecule has 1 aliphatic heterocycles. The molecule has 0 N–H and O–H groups in total. The van der Waals surface area contributed by atoms with Crippen LogP contribution in [0, 0.1) is 11.3 Å². The van der Waals surface area contributed by atoms with Crippen LogP contribution < -0.4 is 9.47 Å². The number of ether oxygens (including phenoxy) is 2. The third-order valence-electron chi connectivity index (χ3n) is 4.45. The van der Waals surface area contributed by atoms with E-state index in [0.717, 1.165) is 45.6 Å². The summed E-state index contributed by atoms with van der Waals surface area (Å²) in [7, 11) is 1.48. The van der Waals surface area contributed by atoms with Gasteiger partial charge in [-0.15, -0.1) is 6.58 Å². The molecular formula is C19H26N4O3. The number of aromatic nitrogens is 1. The second-order valence-electron chi connectivity index (χ2n) is 6.22. The normalized spacial score (nSPS) is 15.8. The van der Waals surface area contributed by atoms with Gasteiger partial charge in [-0.2, -0.15) is 5.26 Å². The SMILES string of the molecule is C=CCC[C@H](CN1CCN(C(C)=O)CC1)Oc1ccnc(OC)c1C#N. The van der Waals surface area contributed by atoms with Gasteiger partial charge in [-0.3, -0.25) is 9.69 Å². The average Bonchev–Trinajstić information content (AvgIpc) is 2.66. The first-order chi connectivity index (χ1) is 12.6. The number of pyridine rings is 1. The van der Waals surface area contributed by atoms with E-state index in [9.17, 15) is 10.1 Å². The molecule has 1 aliphatic rings. The molecule has 26 heavy (non-hydrogen) atoms. The molecule has 0 saturated carbocycles. The predicted molar refractivity (Wildman–Crippen MR) is 98.0 cm³/mol. The summed E-state index contributed by atoms with van der Waals surface area (Å²) in [6.07, 6.45) is 4.97. The van der Waals surface area contributed by atoms with Crippen molar-refractivity contribution in [3.8, 4) is 17.7 Å². The highest BCUT2D eigenvalue weighted by molar-refractivity contribution is 5.73. The standard InChI is InChI=1S/C19H26N4O3/c1-4-5-6-16(14-22-9-11-23(12-10-22)15(2)24)26-18-7-8-21-19(25-3)17(18)13-20/h4,7-8,16H,1,5-6,9-12,14H2,2-3H3/t16-/m1/s1. The molecule has 2 heterocycles. The summed E-state index contributed by atoms with van der Waals surface area (Å²) in [6.45, 7) is 9.22. The molecule has 1 aromatic heterocycles. The average molecular weight is 358 g/mol. The maximum Gasteiger partial charge on any atom is 0.235 e. The smallest absolute Gasteiger partial charge is 0.235 e. The minimum Gasteiger partial charge on any atom is -0.487 e. The molecule has 0 spiro atoms. The number of hydrogen-bond donors (Lipinski definition) is 0. The van der Waals surface area contributed by atoms with Gasteiger partial charge in [0, 0.05) is 51.9 Å². The summed E-state index contributed by atoms with van der Waals surface area (Å²) < 4.78 is 11.3. The van der Waals surface area contributed by atoms with Crippen molar-refractivity contribution in [3.63, 3.8) is 0 Å². The number of nitrogens with zero attached hydrogens (tertiary/aromatic N) is 4. The van der Waals surface area contributed by atoms with Gasteiger partial charge in [0.2, 0.25) is 11.8 Å².